The predicted molar refractivity (Wildman–Crippen MR) is 96.9 cm³/mol. The molecule has 26 heavy (non-hydrogen) atoms. The van der Waals surface area contributed by atoms with Crippen LogP contribution in [-0.2, 0) is 9.53 Å². The van der Waals surface area contributed by atoms with Gasteiger partial charge in [0.05, 0.1) is 5.56 Å². The normalized spacial score (nSPS) is 15.2. The third kappa shape index (κ3) is 4.17. The first-order valence-corrected chi connectivity index (χ1v) is 8.79. The van der Waals surface area contributed by atoms with Crippen molar-refractivity contribution in [3.63, 3.8) is 0 Å². The van der Waals surface area contributed by atoms with E-state index in [1.54, 1.807) is 29.2 Å². The number of benzene rings is 2. The molecule has 2 aromatic carbocycles. The number of ether oxygens (including phenoxy) is 1. The molecule has 0 saturated carbocycles. The Morgan fingerprint density at radius 2 is 1.58 bits per heavy atom. The quantitative estimate of drug-likeness (QED) is 0.612. The number of nitrogens with zero attached hydrogens (tertiary/aromatic N) is 1. The summed E-state index contributed by atoms with van der Waals surface area (Å²) < 4.78 is 5.59. The SMILES string of the molecule is O=Cc1ccc(C(=O)O[C@H](C(=O)N2CCCCC2)c2ccccc2)cc1. The minimum absolute atomic E-state index is 0.186. The zero-order chi connectivity index (χ0) is 18.4. The second-order valence-electron chi connectivity index (χ2n) is 6.32. The summed E-state index contributed by atoms with van der Waals surface area (Å²) in [5.74, 6) is -0.768. The van der Waals surface area contributed by atoms with Crippen molar-refractivity contribution in [2.24, 2.45) is 0 Å². The molecule has 0 N–H and O–H groups in total. The molecule has 5 heteroatoms. The number of aldehydes is 1. The highest BCUT2D eigenvalue weighted by Gasteiger charge is 2.30. The van der Waals surface area contributed by atoms with Crippen molar-refractivity contribution in [1.82, 2.24) is 4.90 Å². The summed E-state index contributed by atoms with van der Waals surface area (Å²) in [4.78, 5) is 38.0. The Balaban J connectivity index is 1.81. The number of hydrogen-bond donors (Lipinski definition) is 0. The highest BCUT2D eigenvalue weighted by molar-refractivity contribution is 5.93. The fraction of sp³-hybridized carbons (Fsp3) is 0.286. The highest BCUT2D eigenvalue weighted by atomic mass is 16.5. The Hall–Kier alpha value is -2.95. The van der Waals surface area contributed by atoms with Gasteiger partial charge >= 0.3 is 5.97 Å². The van der Waals surface area contributed by atoms with Gasteiger partial charge in [0.15, 0.2) is 0 Å². The first-order valence-electron chi connectivity index (χ1n) is 8.79. The van der Waals surface area contributed by atoms with Crippen LogP contribution in [0.15, 0.2) is 54.6 Å². The summed E-state index contributed by atoms with van der Waals surface area (Å²) in [5.41, 5.74) is 1.44. The number of rotatable bonds is 5. The molecular weight excluding hydrogens is 330 g/mol. The van der Waals surface area contributed by atoms with E-state index in [0.29, 0.717) is 36.1 Å². The molecule has 1 aliphatic heterocycles. The van der Waals surface area contributed by atoms with Gasteiger partial charge in [-0.1, -0.05) is 42.5 Å². The van der Waals surface area contributed by atoms with Crippen molar-refractivity contribution in [2.45, 2.75) is 25.4 Å². The molecule has 1 heterocycles. The summed E-state index contributed by atoms with van der Waals surface area (Å²) in [6.45, 7) is 1.38. The molecule has 0 radical (unpaired) electrons. The molecule has 134 valence electrons. The van der Waals surface area contributed by atoms with Gasteiger partial charge in [0.2, 0.25) is 6.10 Å². The van der Waals surface area contributed by atoms with E-state index in [1.807, 2.05) is 18.2 Å². The minimum Gasteiger partial charge on any atom is -0.444 e. The third-order valence-corrected chi connectivity index (χ3v) is 4.50. The van der Waals surface area contributed by atoms with E-state index in [-0.39, 0.29) is 5.91 Å². The van der Waals surface area contributed by atoms with Crippen LogP contribution >= 0.6 is 0 Å². The maximum Gasteiger partial charge on any atom is 0.339 e. The number of carbonyl (C=O) groups excluding carboxylic acids is 3. The van der Waals surface area contributed by atoms with Crippen LogP contribution < -0.4 is 0 Å². The lowest BCUT2D eigenvalue weighted by atomic mass is 10.1. The van der Waals surface area contributed by atoms with E-state index in [9.17, 15) is 14.4 Å². The Labute approximate surface area is 152 Å². The molecule has 0 bridgehead atoms. The molecule has 3 rings (SSSR count). The molecule has 1 aliphatic rings. The van der Waals surface area contributed by atoms with E-state index in [4.69, 9.17) is 4.74 Å². The molecule has 0 unspecified atom stereocenters. The van der Waals surface area contributed by atoms with Crippen LogP contribution in [0, 0.1) is 0 Å². The fourth-order valence-corrected chi connectivity index (χ4v) is 3.04. The van der Waals surface area contributed by atoms with Crippen LogP contribution in [-0.4, -0.2) is 36.2 Å². The van der Waals surface area contributed by atoms with Gasteiger partial charge in [0.1, 0.15) is 6.29 Å². The smallest absolute Gasteiger partial charge is 0.339 e. The number of likely N-dealkylation sites (tertiary alicyclic amines) is 1. The van der Waals surface area contributed by atoms with Crippen molar-refractivity contribution in [3.05, 3.63) is 71.3 Å². The van der Waals surface area contributed by atoms with Gasteiger partial charge in [-0.15, -0.1) is 0 Å². The summed E-state index contributed by atoms with van der Waals surface area (Å²) in [5, 5.41) is 0. The fourth-order valence-electron chi connectivity index (χ4n) is 3.04. The molecule has 2 aromatic rings. The average molecular weight is 351 g/mol. The number of piperidine rings is 1. The van der Waals surface area contributed by atoms with Crippen LogP contribution in [0.25, 0.3) is 0 Å². The summed E-state index contributed by atoms with van der Waals surface area (Å²) in [6, 6.07) is 15.2. The maximum atomic E-state index is 13.0. The summed E-state index contributed by atoms with van der Waals surface area (Å²) in [7, 11) is 0. The maximum absolute atomic E-state index is 13.0. The molecular formula is C21H21NO4. The summed E-state index contributed by atoms with van der Waals surface area (Å²) >= 11 is 0. The van der Waals surface area contributed by atoms with Gasteiger partial charge < -0.3 is 9.64 Å². The molecule has 1 amide bonds. The zero-order valence-electron chi connectivity index (χ0n) is 14.5. The Bertz CT molecular complexity index is 764. The van der Waals surface area contributed by atoms with Crippen molar-refractivity contribution in [3.8, 4) is 0 Å². The third-order valence-electron chi connectivity index (χ3n) is 4.50. The molecule has 0 aromatic heterocycles. The van der Waals surface area contributed by atoms with E-state index in [1.165, 1.54) is 12.1 Å². The van der Waals surface area contributed by atoms with Gasteiger partial charge in [0, 0.05) is 24.2 Å². The Kier molecular flexibility index (Phi) is 5.79. The van der Waals surface area contributed by atoms with Crippen molar-refractivity contribution in [1.29, 1.82) is 0 Å². The molecule has 5 nitrogen and oxygen atoms in total. The molecule has 1 fully saturated rings. The average Bonchev–Trinajstić information content (AvgIpc) is 2.72. The first-order chi connectivity index (χ1) is 12.7. The van der Waals surface area contributed by atoms with Gasteiger partial charge in [-0.2, -0.15) is 0 Å². The van der Waals surface area contributed by atoms with E-state index in [0.717, 1.165) is 19.3 Å². The number of amides is 1. The largest absolute Gasteiger partial charge is 0.444 e. The number of hydrogen-bond acceptors (Lipinski definition) is 4. The predicted octanol–water partition coefficient (Wildman–Crippen LogP) is 3.41. The van der Waals surface area contributed by atoms with Crippen LogP contribution in [0.3, 0.4) is 0 Å². The van der Waals surface area contributed by atoms with E-state index in [2.05, 4.69) is 0 Å². The lowest BCUT2D eigenvalue weighted by Crippen LogP contribution is -2.40. The second-order valence-corrected chi connectivity index (χ2v) is 6.32. The van der Waals surface area contributed by atoms with Crippen LogP contribution in [0.5, 0.6) is 0 Å². The van der Waals surface area contributed by atoms with Gasteiger partial charge in [0.25, 0.3) is 5.91 Å². The Morgan fingerprint density at radius 1 is 0.923 bits per heavy atom. The molecule has 1 atom stereocenters. The molecule has 0 spiro atoms. The van der Waals surface area contributed by atoms with Crippen molar-refractivity contribution in [2.75, 3.05) is 13.1 Å². The van der Waals surface area contributed by atoms with Gasteiger partial charge in [-0.25, -0.2) is 4.79 Å². The van der Waals surface area contributed by atoms with Gasteiger partial charge in [-0.3, -0.25) is 9.59 Å². The lowest BCUT2D eigenvalue weighted by molar-refractivity contribution is -0.142. The lowest BCUT2D eigenvalue weighted by Gasteiger charge is -2.30. The van der Waals surface area contributed by atoms with Crippen LogP contribution in [0.4, 0.5) is 0 Å². The van der Waals surface area contributed by atoms with Crippen LogP contribution in [0.2, 0.25) is 0 Å². The Morgan fingerprint density at radius 3 is 2.19 bits per heavy atom. The van der Waals surface area contributed by atoms with E-state index >= 15 is 0 Å². The highest BCUT2D eigenvalue weighted by Crippen LogP contribution is 2.24. The molecule has 0 aliphatic carbocycles. The molecule has 1 saturated heterocycles. The van der Waals surface area contributed by atoms with Gasteiger partial charge in [-0.05, 0) is 31.4 Å². The number of esters is 1. The van der Waals surface area contributed by atoms with E-state index < -0.39 is 12.1 Å². The van der Waals surface area contributed by atoms with Crippen LogP contribution in [0.1, 0.15) is 51.6 Å². The minimum atomic E-state index is -0.965. The first kappa shape index (κ1) is 17.9. The zero-order valence-corrected chi connectivity index (χ0v) is 14.5. The monoisotopic (exact) mass is 351 g/mol. The van der Waals surface area contributed by atoms with Crippen molar-refractivity contribution >= 4 is 18.2 Å². The van der Waals surface area contributed by atoms with Crippen molar-refractivity contribution < 1.29 is 19.1 Å². The standard InChI is InChI=1S/C21H21NO4/c23-15-16-9-11-18(12-10-16)21(25)26-19(17-7-3-1-4-8-17)20(24)22-13-5-2-6-14-22/h1,3-4,7-12,15,19H,2,5-6,13-14H2/t19-/m0/s1. The topological polar surface area (TPSA) is 63.7 Å². The summed E-state index contributed by atoms with van der Waals surface area (Å²) in [6.07, 6.45) is 2.79. The number of carbonyl (C=O) groups is 3. The second kappa shape index (κ2) is 8.43.